The Morgan fingerprint density at radius 2 is 2.15 bits per heavy atom. The molecule has 0 aliphatic carbocycles. The van der Waals surface area contributed by atoms with Crippen molar-refractivity contribution in [3.8, 4) is 5.75 Å². The fraction of sp³-hybridized carbons (Fsp3) is 0.438. The van der Waals surface area contributed by atoms with Crippen LogP contribution in [0.15, 0.2) is 30.8 Å². The van der Waals surface area contributed by atoms with Crippen molar-refractivity contribution in [1.29, 1.82) is 0 Å². The Labute approximate surface area is 119 Å². The van der Waals surface area contributed by atoms with Gasteiger partial charge >= 0.3 is 5.97 Å². The summed E-state index contributed by atoms with van der Waals surface area (Å²) >= 11 is 0. The summed E-state index contributed by atoms with van der Waals surface area (Å²) < 4.78 is 16.0. The van der Waals surface area contributed by atoms with Crippen molar-refractivity contribution in [2.24, 2.45) is 0 Å². The second kappa shape index (κ2) is 7.70. The van der Waals surface area contributed by atoms with Crippen LogP contribution in [0.5, 0.6) is 5.75 Å². The van der Waals surface area contributed by atoms with Crippen molar-refractivity contribution in [2.75, 3.05) is 13.2 Å². The highest BCUT2D eigenvalue weighted by molar-refractivity contribution is 5.69. The molecule has 4 nitrogen and oxygen atoms in total. The van der Waals surface area contributed by atoms with Crippen LogP contribution in [-0.4, -0.2) is 25.5 Å². The summed E-state index contributed by atoms with van der Waals surface area (Å²) in [5.74, 6) is 0.455. The Hall–Kier alpha value is -1.81. The first-order chi connectivity index (χ1) is 9.78. The summed E-state index contributed by atoms with van der Waals surface area (Å²) in [6, 6.07) is 7.53. The van der Waals surface area contributed by atoms with Crippen LogP contribution in [0.25, 0.3) is 6.08 Å². The quantitative estimate of drug-likeness (QED) is 0.749. The van der Waals surface area contributed by atoms with Gasteiger partial charge in [-0.25, -0.2) is 0 Å². The molecule has 0 N–H and O–H groups in total. The van der Waals surface area contributed by atoms with Crippen molar-refractivity contribution in [3.05, 3.63) is 36.4 Å². The number of ether oxygens (including phenoxy) is 3. The molecule has 0 bridgehead atoms. The van der Waals surface area contributed by atoms with Gasteiger partial charge in [-0.3, -0.25) is 4.79 Å². The minimum absolute atomic E-state index is 0.225. The average Bonchev–Trinajstić information content (AvgIpc) is 2.49. The largest absolute Gasteiger partial charge is 0.493 e. The van der Waals surface area contributed by atoms with E-state index in [0.29, 0.717) is 13.2 Å². The Morgan fingerprint density at radius 3 is 2.80 bits per heavy atom. The molecule has 2 rings (SSSR count). The Balaban J connectivity index is 1.66. The third-order valence-corrected chi connectivity index (χ3v) is 3.09. The summed E-state index contributed by atoms with van der Waals surface area (Å²) in [7, 11) is 0. The molecule has 1 heterocycles. The molecule has 0 radical (unpaired) electrons. The predicted octanol–water partition coefficient (Wildman–Crippen LogP) is 3.17. The molecule has 1 fully saturated rings. The maximum Gasteiger partial charge on any atom is 0.311 e. The lowest BCUT2D eigenvalue weighted by molar-refractivity contribution is -0.187. The van der Waals surface area contributed by atoms with Gasteiger partial charge in [-0.15, -0.1) is 0 Å². The Kier molecular flexibility index (Phi) is 5.62. The highest BCUT2D eigenvalue weighted by Crippen LogP contribution is 2.15. The molecule has 1 aliphatic heterocycles. The summed E-state index contributed by atoms with van der Waals surface area (Å²) in [6.45, 7) is 4.66. The van der Waals surface area contributed by atoms with Crippen LogP contribution in [0.2, 0.25) is 0 Å². The van der Waals surface area contributed by atoms with E-state index in [1.807, 2.05) is 24.3 Å². The molecular weight excluding hydrogens is 256 g/mol. The number of esters is 1. The van der Waals surface area contributed by atoms with E-state index in [9.17, 15) is 4.79 Å². The van der Waals surface area contributed by atoms with E-state index < -0.39 is 0 Å². The molecule has 0 saturated carbocycles. The average molecular weight is 276 g/mol. The summed E-state index contributed by atoms with van der Waals surface area (Å²) in [6.07, 6.45) is 4.49. The van der Waals surface area contributed by atoms with Crippen LogP contribution in [-0.2, 0) is 14.3 Å². The smallest absolute Gasteiger partial charge is 0.311 e. The van der Waals surface area contributed by atoms with Gasteiger partial charge in [-0.1, -0.05) is 24.8 Å². The molecule has 4 heteroatoms. The normalized spacial score (nSPS) is 18.3. The van der Waals surface area contributed by atoms with Crippen LogP contribution < -0.4 is 4.74 Å². The number of rotatable bonds is 6. The van der Waals surface area contributed by atoms with E-state index in [2.05, 4.69) is 6.58 Å². The molecule has 0 amide bonds. The van der Waals surface area contributed by atoms with E-state index in [4.69, 9.17) is 14.2 Å². The minimum atomic E-state index is -0.372. The molecule has 0 aromatic heterocycles. The molecule has 20 heavy (non-hydrogen) atoms. The number of benzene rings is 1. The van der Waals surface area contributed by atoms with Gasteiger partial charge in [-0.2, -0.15) is 0 Å². The fourth-order valence-electron chi connectivity index (χ4n) is 1.96. The van der Waals surface area contributed by atoms with Crippen LogP contribution in [0, 0.1) is 0 Å². The van der Waals surface area contributed by atoms with Gasteiger partial charge in [0.15, 0.2) is 0 Å². The first-order valence-corrected chi connectivity index (χ1v) is 6.94. The SMILES string of the molecule is C=Cc1ccc(OCCC(=O)OC2CCCCO2)cc1. The third kappa shape index (κ3) is 4.70. The fourth-order valence-corrected chi connectivity index (χ4v) is 1.96. The lowest BCUT2D eigenvalue weighted by atomic mass is 10.2. The Morgan fingerprint density at radius 1 is 1.35 bits per heavy atom. The second-order valence-electron chi connectivity index (χ2n) is 4.66. The van der Waals surface area contributed by atoms with E-state index in [-0.39, 0.29) is 18.7 Å². The number of hydrogen-bond donors (Lipinski definition) is 0. The first kappa shape index (κ1) is 14.6. The van der Waals surface area contributed by atoms with Crippen LogP contribution >= 0.6 is 0 Å². The lowest BCUT2D eigenvalue weighted by Gasteiger charge is -2.22. The predicted molar refractivity (Wildman–Crippen MR) is 76.3 cm³/mol. The van der Waals surface area contributed by atoms with Gasteiger partial charge in [0.05, 0.1) is 19.6 Å². The van der Waals surface area contributed by atoms with E-state index >= 15 is 0 Å². The Bertz CT molecular complexity index is 432. The molecule has 1 aliphatic rings. The van der Waals surface area contributed by atoms with Gasteiger partial charge < -0.3 is 14.2 Å². The second-order valence-corrected chi connectivity index (χ2v) is 4.66. The first-order valence-electron chi connectivity index (χ1n) is 6.94. The van der Waals surface area contributed by atoms with Crippen LogP contribution in [0.4, 0.5) is 0 Å². The highest BCUT2D eigenvalue weighted by Gasteiger charge is 2.17. The van der Waals surface area contributed by atoms with E-state index in [0.717, 1.165) is 30.6 Å². The van der Waals surface area contributed by atoms with Gasteiger partial charge in [-0.05, 0) is 30.5 Å². The molecule has 1 unspecified atom stereocenters. The monoisotopic (exact) mass is 276 g/mol. The van der Waals surface area contributed by atoms with Gasteiger partial charge in [0.1, 0.15) is 5.75 Å². The topological polar surface area (TPSA) is 44.8 Å². The maximum absolute atomic E-state index is 11.6. The molecule has 0 spiro atoms. The van der Waals surface area contributed by atoms with Gasteiger partial charge in [0, 0.05) is 6.42 Å². The standard InChI is InChI=1S/C16H20O4/c1-2-13-6-8-14(9-7-13)18-12-10-15(17)20-16-5-3-4-11-19-16/h2,6-9,16H,1,3-5,10-12H2. The van der Waals surface area contributed by atoms with Gasteiger partial charge in [0.25, 0.3) is 0 Å². The summed E-state index contributed by atoms with van der Waals surface area (Å²) in [4.78, 5) is 11.6. The summed E-state index contributed by atoms with van der Waals surface area (Å²) in [5.41, 5.74) is 1.03. The van der Waals surface area contributed by atoms with Crippen molar-refractivity contribution < 1.29 is 19.0 Å². The molecule has 1 aromatic rings. The molecule has 1 saturated heterocycles. The molecule has 1 aromatic carbocycles. The van der Waals surface area contributed by atoms with Crippen molar-refractivity contribution in [1.82, 2.24) is 0 Å². The number of carbonyl (C=O) groups excluding carboxylic acids is 1. The zero-order chi connectivity index (χ0) is 14.2. The molecule has 108 valence electrons. The lowest BCUT2D eigenvalue weighted by Crippen LogP contribution is -2.26. The maximum atomic E-state index is 11.6. The zero-order valence-corrected chi connectivity index (χ0v) is 11.5. The van der Waals surface area contributed by atoms with Crippen LogP contribution in [0.1, 0.15) is 31.2 Å². The van der Waals surface area contributed by atoms with Crippen molar-refractivity contribution in [3.63, 3.8) is 0 Å². The van der Waals surface area contributed by atoms with Crippen LogP contribution in [0.3, 0.4) is 0 Å². The minimum Gasteiger partial charge on any atom is -0.493 e. The highest BCUT2D eigenvalue weighted by atomic mass is 16.7. The molecule has 1 atom stereocenters. The van der Waals surface area contributed by atoms with Gasteiger partial charge in [0.2, 0.25) is 6.29 Å². The van der Waals surface area contributed by atoms with E-state index in [1.54, 1.807) is 6.08 Å². The third-order valence-electron chi connectivity index (χ3n) is 3.09. The zero-order valence-electron chi connectivity index (χ0n) is 11.5. The van der Waals surface area contributed by atoms with Crippen molar-refractivity contribution in [2.45, 2.75) is 32.0 Å². The number of hydrogen-bond acceptors (Lipinski definition) is 4. The van der Waals surface area contributed by atoms with Crippen molar-refractivity contribution >= 4 is 12.0 Å². The summed E-state index contributed by atoms with van der Waals surface area (Å²) in [5, 5.41) is 0. The van der Waals surface area contributed by atoms with E-state index in [1.165, 1.54) is 0 Å². The molecular formula is C16H20O4. The number of carbonyl (C=O) groups is 1.